The molecule has 2 N–H and O–H groups in total. The van der Waals surface area contributed by atoms with Crippen molar-refractivity contribution in [1.82, 2.24) is 0 Å². The van der Waals surface area contributed by atoms with Crippen molar-refractivity contribution in [2.24, 2.45) is 11.8 Å². The molecule has 94 valence electrons. The molecule has 1 aromatic carbocycles. The van der Waals surface area contributed by atoms with Gasteiger partial charge in [-0.1, -0.05) is 37.6 Å². The second kappa shape index (κ2) is 5.07. The Morgan fingerprint density at radius 2 is 1.76 bits per heavy atom. The van der Waals surface area contributed by atoms with Crippen LogP contribution in [0.4, 0.5) is 0 Å². The number of aliphatic carboxylic acids is 1. The molecule has 17 heavy (non-hydrogen) atoms. The summed E-state index contributed by atoms with van der Waals surface area (Å²) in [5.74, 6) is -2.03. The minimum Gasteiger partial charge on any atom is -0.481 e. The zero-order valence-electron chi connectivity index (χ0n) is 10.1. The van der Waals surface area contributed by atoms with E-state index in [0.29, 0.717) is 10.6 Å². The van der Waals surface area contributed by atoms with E-state index in [2.05, 4.69) is 0 Å². The largest absolute Gasteiger partial charge is 0.481 e. The number of hydrogen-bond acceptors (Lipinski definition) is 2. The summed E-state index contributed by atoms with van der Waals surface area (Å²) in [7, 11) is 0. The average Bonchev–Trinajstić information content (AvgIpc) is 2.16. The highest BCUT2D eigenvalue weighted by atomic mass is 35.5. The van der Waals surface area contributed by atoms with E-state index < -0.39 is 17.5 Å². The third-order valence-electron chi connectivity index (χ3n) is 2.97. The van der Waals surface area contributed by atoms with Gasteiger partial charge in [-0.15, -0.1) is 0 Å². The van der Waals surface area contributed by atoms with E-state index in [1.807, 2.05) is 0 Å². The van der Waals surface area contributed by atoms with E-state index in [0.717, 1.165) is 0 Å². The van der Waals surface area contributed by atoms with Gasteiger partial charge in [0.2, 0.25) is 0 Å². The Morgan fingerprint density at radius 3 is 2.12 bits per heavy atom. The normalized spacial score (nSPS) is 16.6. The Labute approximate surface area is 106 Å². The molecule has 0 bridgehead atoms. The van der Waals surface area contributed by atoms with Crippen LogP contribution in [0.1, 0.15) is 26.3 Å². The molecule has 0 saturated heterocycles. The van der Waals surface area contributed by atoms with Crippen LogP contribution in [-0.4, -0.2) is 16.2 Å². The summed E-state index contributed by atoms with van der Waals surface area (Å²) in [4.78, 5) is 11.2. The smallest absolute Gasteiger partial charge is 0.310 e. The zero-order valence-corrected chi connectivity index (χ0v) is 10.9. The Hall–Kier alpha value is -1.06. The van der Waals surface area contributed by atoms with Crippen LogP contribution in [0.5, 0.6) is 0 Å². The van der Waals surface area contributed by atoms with Gasteiger partial charge in [0, 0.05) is 5.02 Å². The number of rotatable bonds is 4. The van der Waals surface area contributed by atoms with Crippen molar-refractivity contribution in [3.8, 4) is 0 Å². The van der Waals surface area contributed by atoms with Crippen LogP contribution in [0.15, 0.2) is 24.3 Å². The minimum atomic E-state index is -1.41. The first kappa shape index (κ1) is 14.0. The first-order chi connectivity index (χ1) is 7.76. The monoisotopic (exact) mass is 256 g/mol. The van der Waals surface area contributed by atoms with Crippen molar-refractivity contribution < 1.29 is 15.0 Å². The lowest BCUT2D eigenvalue weighted by atomic mass is 9.76. The molecular weight excluding hydrogens is 240 g/mol. The molecule has 0 aliphatic heterocycles. The van der Waals surface area contributed by atoms with Crippen molar-refractivity contribution >= 4 is 17.6 Å². The van der Waals surface area contributed by atoms with Crippen LogP contribution < -0.4 is 0 Å². The number of benzene rings is 1. The third kappa shape index (κ3) is 2.99. The Bertz CT molecular complexity index is 396. The Balaban J connectivity index is 3.15. The van der Waals surface area contributed by atoms with E-state index in [9.17, 15) is 15.0 Å². The summed E-state index contributed by atoms with van der Waals surface area (Å²) in [6, 6.07) is 6.59. The lowest BCUT2D eigenvalue weighted by Gasteiger charge is -2.33. The second-order valence-corrected chi connectivity index (χ2v) is 5.15. The van der Waals surface area contributed by atoms with Crippen molar-refractivity contribution in [3.63, 3.8) is 0 Å². The van der Waals surface area contributed by atoms with Crippen molar-refractivity contribution in [2.75, 3.05) is 0 Å². The van der Waals surface area contributed by atoms with E-state index >= 15 is 0 Å². The lowest BCUT2D eigenvalue weighted by Crippen LogP contribution is -2.40. The van der Waals surface area contributed by atoms with Crippen LogP contribution >= 0.6 is 11.6 Å². The zero-order chi connectivity index (χ0) is 13.2. The summed E-state index contributed by atoms with van der Waals surface area (Å²) in [5, 5.41) is 20.2. The maximum absolute atomic E-state index is 11.2. The third-order valence-corrected chi connectivity index (χ3v) is 3.22. The van der Waals surface area contributed by atoms with Crippen LogP contribution in [0.25, 0.3) is 0 Å². The van der Waals surface area contributed by atoms with Gasteiger partial charge in [-0.05, 0) is 30.5 Å². The molecule has 2 atom stereocenters. The Kier molecular flexibility index (Phi) is 4.17. The van der Waals surface area contributed by atoms with Gasteiger partial charge in [-0.3, -0.25) is 4.79 Å². The van der Waals surface area contributed by atoms with Crippen LogP contribution in [0, 0.1) is 11.8 Å². The van der Waals surface area contributed by atoms with E-state index in [1.54, 1.807) is 38.1 Å². The topological polar surface area (TPSA) is 57.5 Å². The molecule has 3 nitrogen and oxygen atoms in total. The fraction of sp³-hybridized carbons (Fsp3) is 0.462. The quantitative estimate of drug-likeness (QED) is 0.871. The van der Waals surface area contributed by atoms with Gasteiger partial charge < -0.3 is 10.2 Å². The maximum atomic E-state index is 11.2. The Morgan fingerprint density at radius 1 is 1.29 bits per heavy atom. The molecule has 2 unspecified atom stereocenters. The van der Waals surface area contributed by atoms with Crippen molar-refractivity contribution in [2.45, 2.75) is 26.4 Å². The SMILES string of the molecule is CC(C)C(C(=O)O)C(C)(O)c1ccc(Cl)cc1. The highest BCUT2D eigenvalue weighted by molar-refractivity contribution is 6.30. The molecular formula is C13H17ClO3. The number of carbonyl (C=O) groups is 1. The number of carboxylic acid groups (broad SMARTS) is 1. The standard InChI is InChI=1S/C13H17ClO3/c1-8(2)11(12(15)16)13(3,17)9-4-6-10(14)7-5-9/h4-8,11,17H,1-3H3,(H,15,16). The number of hydrogen-bond donors (Lipinski definition) is 2. The predicted molar refractivity (Wildman–Crippen MR) is 67.0 cm³/mol. The summed E-state index contributed by atoms with van der Waals surface area (Å²) < 4.78 is 0. The second-order valence-electron chi connectivity index (χ2n) is 4.71. The van der Waals surface area contributed by atoms with Crippen molar-refractivity contribution in [1.29, 1.82) is 0 Å². The van der Waals surface area contributed by atoms with Crippen LogP contribution in [-0.2, 0) is 10.4 Å². The molecule has 0 saturated carbocycles. The molecule has 0 aliphatic carbocycles. The molecule has 1 rings (SSSR count). The van der Waals surface area contributed by atoms with Gasteiger partial charge in [0.15, 0.2) is 0 Å². The van der Waals surface area contributed by atoms with Crippen molar-refractivity contribution in [3.05, 3.63) is 34.9 Å². The summed E-state index contributed by atoms with van der Waals surface area (Å²) >= 11 is 5.77. The molecule has 0 heterocycles. The highest BCUT2D eigenvalue weighted by Crippen LogP contribution is 2.34. The average molecular weight is 257 g/mol. The fourth-order valence-electron chi connectivity index (χ4n) is 2.14. The van der Waals surface area contributed by atoms with E-state index in [-0.39, 0.29) is 5.92 Å². The van der Waals surface area contributed by atoms with Crippen LogP contribution in [0.2, 0.25) is 5.02 Å². The fourth-order valence-corrected chi connectivity index (χ4v) is 2.27. The lowest BCUT2D eigenvalue weighted by molar-refractivity contribution is -0.155. The minimum absolute atomic E-state index is 0.168. The van der Waals surface area contributed by atoms with Gasteiger partial charge in [0.25, 0.3) is 0 Å². The molecule has 0 spiro atoms. The van der Waals surface area contributed by atoms with Gasteiger partial charge >= 0.3 is 5.97 Å². The first-order valence-electron chi connectivity index (χ1n) is 5.48. The molecule has 0 radical (unpaired) electrons. The van der Waals surface area contributed by atoms with E-state index in [1.165, 1.54) is 6.92 Å². The van der Waals surface area contributed by atoms with Crippen LogP contribution in [0.3, 0.4) is 0 Å². The van der Waals surface area contributed by atoms with Gasteiger partial charge in [-0.2, -0.15) is 0 Å². The number of halogens is 1. The summed E-state index contributed by atoms with van der Waals surface area (Å²) in [6.07, 6.45) is 0. The molecule has 0 amide bonds. The van der Waals surface area contributed by atoms with Gasteiger partial charge in [0.05, 0.1) is 5.92 Å². The molecule has 4 heteroatoms. The van der Waals surface area contributed by atoms with Gasteiger partial charge in [0.1, 0.15) is 5.60 Å². The van der Waals surface area contributed by atoms with E-state index in [4.69, 9.17) is 11.6 Å². The highest BCUT2D eigenvalue weighted by Gasteiger charge is 2.40. The summed E-state index contributed by atoms with van der Waals surface area (Å²) in [5.41, 5.74) is -0.854. The molecule has 0 fully saturated rings. The maximum Gasteiger partial charge on any atom is 0.310 e. The first-order valence-corrected chi connectivity index (χ1v) is 5.86. The predicted octanol–water partition coefficient (Wildman–Crippen LogP) is 2.90. The number of aliphatic hydroxyl groups is 1. The van der Waals surface area contributed by atoms with Gasteiger partial charge in [-0.25, -0.2) is 0 Å². The molecule has 0 aromatic heterocycles. The molecule has 0 aliphatic rings. The summed E-state index contributed by atoms with van der Waals surface area (Å²) in [6.45, 7) is 5.08. The number of carboxylic acids is 1. The molecule has 1 aromatic rings.